The van der Waals surface area contributed by atoms with Crippen LogP contribution in [0.1, 0.15) is 40.0 Å². The van der Waals surface area contributed by atoms with E-state index < -0.39 is 5.97 Å². The number of nitrogens with zero attached hydrogens (tertiary/aromatic N) is 1. The zero-order valence-corrected chi connectivity index (χ0v) is 12.2. The Bertz CT molecular complexity index is 318. The lowest BCUT2D eigenvalue weighted by atomic mass is 9.84. The molecule has 1 aliphatic heterocycles. The van der Waals surface area contributed by atoms with E-state index in [2.05, 4.69) is 5.32 Å². The van der Waals surface area contributed by atoms with Crippen molar-refractivity contribution in [2.24, 2.45) is 11.8 Å². The molecule has 110 valence electrons. The van der Waals surface area contributed by atoms with Gasteiger partial charge in [0.2, 0.25) is 5.91 Å². The predicted molar refractivity (Wildman–Crippen MR) is 73.9 cm³/mol. The highest BCUT2D eigenvalue weighted by molar-refractivity contribution is 5.78. The maximum Gasteiger partial charge on any atom is 0.303 e. The minimum atomic E-state index is -0.752. The number of carboxylic acid groups (broad SMARTS) is 1. The summed E-state index contributed by atoms with van der Waals surface area (Å²) in [7, 11) is 0. The second-order valence-electron chi connectivity index (χ2n) is 5.85. The summed E-state index contributed by atoms with van der Waals surface area (Å²) < 4.78 is 0. The van der Waals surface area contributed by atoms with Crippen LogP contribution in [0.4, 0.5) is 0 Å². The Hall–Kier alpha value is -1.10. The SMILES string of the molecule is CC(C)NCC(=O)N1CCCC(C(C)CC(=O)O)C1. The van der Waals surface area contributed by atoms with Crippen LogP contribution in [-0.4, -0.2) is 47.6 Å². The molecular formula is C14H26N2O3. The van der Waals surface area contributed by atoms with E-state index in [1.54, 1.807) is 0 Å². The minimum Gasteiger partial charge on any atom is -0.481 e. The molecule has 1 heterocycles. The van der Waals surface area contributed by atoms with Gasteiger partial charge in [0.1, 0.15) is 0 Å². The maximum atomic E-state index is 12.0. The molecule has 5 nitrogen and oxygen atoms in total. The Morgan fingerprint density at radius 1 is 1.37 bits per heavy atom. The molecule has 1 saturated heterocycles. The molecule has 1 amide bonds. The van der Waals surface area contributed by atoms with E-state index >= 15 is 0 Å². The molecule has 1 aliphatic rings. The summed E-state index contributed by atoms with van der Waals surface area (Å²) in [5, 5.41) is 12.0. The second kappa shape index (κ2) is 7.48. The first kappa shape index (κ1) is 16.0. The molecule has 0 aliphatic carbocycles. The summed E-state index contributed by atoms with van der Waals surface area (Å²) in [6.07, 6.45) is 2.19. The van der Waals surface area contributed by atoms with E-state index in [1.165, 1.54) is 0 Å². The lowest BCUT2D eigenvalue weighted by molar-refractivity contribution is -0.138. The van der Waals surface area contributed by atoms with Crippen LogP contribution in [-0.2, 0) is 9.59 Å². The van der Waals surface area contributed by atoms with Crippen LogP contribution < -0.4 is 5.32 Å². The summed E-state index contributed by atoms with van der Waals surface area (Å²) in [6.45, 7) is 7.88. The number of nitrogens with one attached hydrogen (secondary N) is 1. The van der Waals surface area contributed by atoms with Crippen LogP contribution in [0.25, 0.3) is 0 Å². The molecule has 0 spiro atoms. The van der Waals surface area contributed by atoms with Gasteiger partial charge >= 0.3 is 5.97 Å². The minimum absolute atomic E-state index is 0.126. The Morgan fingerprint density at radius 3 is 2.63 bits per heavy atom. The summed E-state index contributed by atoms with van der Waals surface area (Å²) in [4.78, 5) is 24.7. The third-order valence-electron chi connectivity index (χ3n) is 3.77. The van der Waals surface area contributed by atoms with E-state index in [9.17, 15) is 9.59 Å². The van der Waals surface area contributed by atoms with Crippen molar-refractivity contribution >= 4 is 11.9 Å². The van der Waals surface area contributed by atoms with E-state index in [-0.39, 0.29) is 18.2 Å². The van der Waals surface area contributed by atoms with Gasteiger partial charge in [0.05, 0.1) is 6.54 Å². The zero-order valence-electron chi connectivity index (χ0n) is 12.2. The highest BCUT2D eigenvalue weighted by Crippen LogP contribution is 2.26. The van der Waals surface area contributed by atoms with Crippen LogP contribution in [0, 0.1) is 11.8 Å². The summed E-state index contributed by atoms with van der Waals surface area (Å²) >= 11 is 0. The fourth-order valence-electron chi connectivity index (χ4n) is 2.55. The van der Waals surface area contributed by atoms with Gasteiger partial charge in [-0.25, -0.2) is 0 Å². The number of piperidine rings is 1. The van der Waals surface area contributed by atoms with Gasteiger partial charge in [0.15, 0.2) is 0 Å². The number of aliphatic carboxylic acids is 1. The Balaban J connectivity index is 2.45. The topological polar surface area (TPSA) is 69.6 Å². The van der Waals surface area contributed by atoms with Gasteiger partial charge < -0.3 is 15.3 Å². The molecule has 0 aromatic heterocycles. The van der Waals surface area contributed by atoms with Gasteiger partial charge in [-0.15, -0.1) is 0 Å². The normalized spacial score (nSPS) is 21.5. The average Bonchev–Trinajstić information content (AvgIpc) is 2.35. The molecule has 0 radical (unpaired) electrons. The van der Waals surface area contributed by atoms with E-state index in [0.717, 1.165) is 19.4 Å². The lowest BCUT2D eigenvalue weighted by Gasteiger charge is -2.35. The van der Waals surface area contributed by atoms with Gasteiger partial charge in [-0.2, -0.15) is 0 Å². The molecule has 0 aromatic rings. The molecule has 5 heteroatoms. The molecular weight excluding hydrogens is 244 g/mol. The number of carbonyl (C=O) groups excluding carboxylic acids is 1. The highest BCUT2D eigenvalue weighted by atomic mass is 16.4. The molecule has 0 aromatic carbocycles. The van der Waals surface area contributed by atoms with Crippen molar-refractivity contribution in [1.29, 1.82) is 0 Å². The number of amides is 1. The van der Waals surface area contributed by atoms with E-state index in [1.807, 2.05) is 25.7 Å². The highest BCUT2D eigenvalue weighted by Gasteiger charge is 2.28. The summed E-state index contributed by atoms with van der Waals surface area (Å²) in [6, 6.07) is 0.301. The summed E-state index contributed by atoms with van der Waals surface area (Å²) in [5.74, 6) is -0.183. The van der Waals surface area contributed by atoms with Crippen molar-refractivity contribution in [2.45, 2.75) is 46.1 Å². The van der Waals surface area contributed by atoms with Gasteiger partial charge in [-0.1, -0.05) is 20.8 Å². The fraction of sp³-hybridized carbons (Fsp3) is 0.857. The van der Waals surface area contributed by atoms with Gasteiger partial charge in [0, 0.05) is 25.6 Å². The number of carbonyl (C=O) groups is 2. The standard InChI is InChI=1S/C14H26N2O3/c1-10(2)15-8-13(17)16-6-4-5-12(9-16)11(3)7-14(18)19/h10-12,15H,4-9H2,1-3H3,(H,18,19). The van der Waals surface area contributed by atoms with Crippen molar-refractivity contribution in [3.05, 3.63) is 0 Å². The Labute approximate surface area is 115 Å². The molecule has 0 saturated carbocycles. The van der Waals surface area contributed by atoms with Crippen LogP contribution in [0.3, 0.4) is 0 Å². The third kappa shape index (κ3) is 5.59. The molecule has 0 bridgehead atoms. The van der Waals surface area contributed by atoms with E-state index in [0.29, 0.717) is 25.0 Å². The smallest absolute Gasteiger partial charge is 0.303 e. The number of hydrogen-bond acceptors (Lipinski definition) is 3. The maximum absolute atomic E-state index is 12.0. The molecule has 1 fully saturated rings. The Morgan fingerprint density at radius 2 is 2.05 bits per heavy atom. The van der Waals surface area contributed by atoms with Gasteiger partial charge in [-0.05, 0) is 24.7 Å². The largest absolute Gasteiger partial charge is 0.481 e. The van der Waals surface area contributed by atoms with E-state index in [4.69, 9.17) is 5.11 Å². The monoisotopic (exact) mass is 270 g/mol. The van der Waals surface area contributed by atoms with Crippen molar-refractivity contribution < 1.29 is 14.7 Å². The molecule has 2 atom stereocenters. The van der Waals surface area contributed by atoms with Crippen molar-refractivity contribution in [2.75, 3.05) is 19.6 Å². The van der Waals surface area contributed by atoms with Crippen LogP contribution in [0.2, 0.25) is 0 Å². The first-order valence-corrected chi connectivity index (χ1v) is 7.13. The third-order valence-corrected chi connectivity index (χ3v) is 3.77. The van der Waals surface area contributed by atoms with Crippen molar-refractivity contribution in [3.8, 4) is 0 Å². The molecule has 1 rings (SSSR count). The number of likely N-dealkylation sites (tertiary alicyclic amines) is 1. The predicted octanol–water partition coefficient (Wildman–Crippen LogP) is 1.33. The average molecular weight is 270 g/mol. The first-order chi connectivity index (χ1) is 8.90. The Kier molecular flexibility index (Phi) is 6.28. The lowest BCUT2D eigenvalue weighted by Crippen LogP contribution is -2.46. The quantitative estimate of drug-likeness (QED) is 0.764. The van der Waals surface area contributed by atoms with Crippen LogP contribution in [0.5, 0.6) is 0 Å². The molecule has 2 unspecified atom stereocenters. The number of rotatable bonds is 6. The van der Waals surface area contributed by atoms with Gasteiger partial charge in [0.25, 0.3) is 0 Å². The molecule has 19 heavy (non-hydrogen) atoms. The van der Waals surface area contributed by atoms with Gasteiger partial charge in [-0.3, -0.25) is 9.59 Å². The van der Waals surface area contributed by atoms with Crippen molar-refractivity contribution in [1.82, 2.24) is 10.2 Å². The van der Waals surface area contributed by atoms with Crippen LogP contribution >= 0.6 is 0 Å². The summed E-state index contributed by atoms with van der Waals surface area (Å²) in [5.41, 5.74) is 0. The first-order valence-electron chi connectivity index (χ1n) is 7.13. The second-order valence-corrected chi connectivity index (χ2v) is 5.85. The zero-order chi connectivity index (χ0) is 14.4. The molecule has 2 N–H and O–H groups in total. The number of hydrogen-bond donors (Lipinski definition) is 2. The fourth-order valence-corrected chi connectivity index (χ4v) is 2.55. The van der Waals surface area contributed by atoms with Crippen molar-refractivity contribution in [3.63, 3.8) is 0 Å². The number of carboxylic acids is 1. The van der Waals surface area contributed by atoms with Crippen LogP contribution in [0.15, 0.2) is 0 Å².